The summed E-state index contributed by atoms with van der Waals surface area (Å²) in [7, 11) is 0. The summed E-state index contributed by atoms with van der Waals surface area (Å²) in [6, 6.07) is 4.51. The smallest absolute Gasteiger partial charge is 0.144 e. The Hall–Kier alpha value is -1.60. The maximum atomic E-state index is 9.23. The van der Waals surface area contributed by atoms with Crippen molar-refractivity contribution in [3.63, 3.8) is 0 Å². The number of hydrogen-bond donors (Lipinski definition) is 1. The summed E-state index contributed by atoms with van der Waals surface area (Å²) in [4.78, 5) is 4.63. The van der Waals surface area contributed by atoms with Crippen LogP contribution in [0.2, 0.25) is 0 Å². The molecule has 4 heteroatoms. The quantitative estimate of drug-likeness (QED) is 0.863. The van der Waals surface area contributed by atoms with E-state index < -0.39 is 0 Å². The minimum absolute atomic E-state index is 0.187. The first-order valence-electron chi connectivity index (χ1n) is 6.59. The molecule has 18 heavy (non-hydrogen) atoms. The van der Waals surface area contributed by atoms with Crippen molar-refractivity contribution in [1.29, 1.82) is 5.26 Å². The molecule has 1 aromatic rings. The van der Waals surface area contributed by atoms with Gasteiger partial charge in [-0.1, -0.05) is 0 Å². The number of fused-ring (bicyclic) bond motifs is 1. The third kappa shape index (κ3) is 1.95. The molecule has 3 rings (SSSR count). The molecule has 2 unspecified atom stereocenters. The fraction of sp³-hybridized carbons (Fsp3) is 0.571. The van der Waals surface area contributed by atoms with Gasteiger partial charge in [0.1, 0.15) is 11.9 Å². The summed E-state index contributed by atoms with van der Waals surface area (Å²) in [5, 5.41) is 12.6. The Morgan fingerprint density at radius 3 is 3.11 bits per heavy atom. The van der Waals surface area contributed by atoms with Crippen molar-refractivity contribution in [1.82, 2.24) is 4.98 Å². The SMILES string of the molecule is CC1OCCC1Nc1nc2c(cc1C#N)CCC2. The summed E-state index contributed by atoms with van der Waals surface area (Å²) in [5.74, 6) is 0.737. The third-order valence-electron chi connectivity index (χ3n) is 3.87. The van der Waals surface area contributed by atoms with Gasteiger partial charge in [-0.25, -0.2) is 4.98 Å². The van der Waals surface area contributed by atoms with Crippen LogP contribution in [0.3, 0.4) is 0 Å². The molecule has 4 nitrogen and oxygen atoms in total. The Labute approximate surface area is 107 Å². The molecule has 2 aliphatic rings. The lowest BCUT2D eigenvalue weighted by molar-refractivity contribution is 0.121. The summed E-state index contributed by atoms with van der Waals surface area (Å²) < 4.78 is 5.53. The van der Waals surface area contributed by atoms with Gasteiger partial charge in [0.25, 0.3) is 0 Å². The summed E-state index contributed by atoms with van der Waals surface area (Å²) >= 11 is 0. The lowest BCUT2D eigenvalue weighted by Gasteiger charge is -2.18. The molecule has 0 radical (unpaired) electrons. The van der Waals surface area contributed by atoms with Crippen LogP contribution in [-0.2, 0) is 17.6 Å². The van der Waals surface area contributed by atoms with Crippen LogP contribution in [0.4, 0.5) is 5.82 Å². The zero-order valence-electron chi connectivity index (χ0n) is 10.6. The number of nitriles is 1. The molecule has 0 spiro atoms. The van der Waals surface area contributed by atoms with Crippen molar-refractivity contribution in [2.24, 2.45) is 0 Å². The fourth-order valence-electron chi connectivity index (χ4n) is 2.76. The normalized spacial score (nSPS) is 25.8. The predicted molar refractivity (Wildman–Crippen MR) is 68.4 cm³/mol. The number of nitrogens with one attached hydrogen (secondary N) is 1. The van der Waals surface area contributed by atoms with Gasteiger partial charge in [-0.05, 0) is 44.2 Å². The number of anilines is 1. The minimum Gasteiger partial charge on any atom is -0.376 e. The van der Waals surface area contributed by atoms with Gasteiger partial charge < -0.3 is 10.1 Å². The largest absolute Gasteiger partial charge is 0.376 e. The van der Waals surface area contributed by atoms with E-state index in [9.17, 15) is 5.26 Å². The average Bonchev–Trinajstić information content (AvgIpc) is 2.98. The zero-order chi connectivity index (χ0) is 12.5. The van der Waals surface area contributed by atoms with Crippen molar-refractivity contribution < 1.29 is 4.74 Å². The van der Waals surface area contributed by atoms with Crippen LogP contribution in [0.5, 0.6) is 0 Å². The number of rotatable bonds is 2. The molecule has 94 valence electrons. The van der Waals surface area contributed by atoms with Gasteiger partial charge >= 0.3 is 0 Å². The highest BCUT2D eigenvalue weighted by Gasteiger charge is 2.26. The topological polar surface area (TPSA) is 57.9 Å². The first-order valence-corrected chi connectivity index (χ1v) is 6.59. The van der Waals surface area contributed by atoms with Crippen LogP contribution in [0.25, 0.3) is 0 Å². The first-order chi connectivity index (χ1) is 8.78. The van der Waals surface area contributed by atoms with Crippen LogP contribution in [0, 0.1) is 11.3 Å². The van der Waals surface area contributed by atoms with E-state index in [2.05, 4.69) is 23.3 Å². The molecule has 0 saturated carbocycles. The van der Waals surface area contributed by atoms with Crippen molar-refractivity contribution in [2.45, 2.75) is 44.8 Å². The summed E-state index contributed by atoms with van der Waals surface area (Å²) in [6.07, 6.45) is 4.41. The Bertz CT molecular complexity index is 506. The van der Waals surface area contributed by atoms with Gasteiger partial charge in [-0.15, -0.1) is 0 Å². The lowest BCUT2D eigenvalue weighted by Crippen LogP contribution is -2.27. The second kappa shape index (κ2) is 4.58. The summed E-state index contributed by atoms with van der Waals surface area (Å²) in [5.41, 5.74) is 3.06. The van der Waals surface area contributed by atoms with Crippen molar-refractivity contribution in [3.8, 4) is 6.07 Å². The highest BCUT2D eigenvalue weighted by atomic mass is 16.5. The van der Waals surface area contributed by atoms with Crippen molar-refractivity contribution >= 4 is 5.82 Å². The number of aromatic nitrogens is 1. The molecule has 0 bridgehead atoms. The molecule has 0 aromatic carbocycles. The predicted octanol–water partition coefficient (Wildman–Crippen LogP) is 2.03. The van der Waals surface area contributed by atoms with E-state index in [1.165, 1.54) is 5.56 Å². The first kappa shape index (κ1) is 11.5. The number of aryl methyl sites for hydroxylation is 2. The van der Waals surface area contributed by atoms with Gasteiger partial charge in [0.05, 0.1) is 17.7 Å². The van der Waals surface area contributed by atoms with Gasteiger partial charge in [0.15, 0.2) is 0 Å². The van der Waals surface area contributed by atoms with Crippen molar-refractivity contribution in [3.05, 3.63) is 22.9 Å². The Balaban J connectivity index is 1.89. The van der Waals surface area contributed by atoms with E-state index in [0.717, 1.165) is 43.8 Å². The zero-order valence-corrected chi connectivity index (χ0v) is 10.6. The molecule has 1 aromatic heterocycles. The van der Waals surface area contributed by atoms with Crippen LogP contribution in [0.15, 0.2) is 6.07 Å². The van der Waals surface area contributed by atoms with E-state index in [1.54, 1.807) is 0 Å². The van der Waals surface area contributed by atoms with Crippen LogP contribution in [0.1, 0.15) is 36.6 Å². The molecule has 1 saturated heterocycles. The molecule has 2 atom stereocenters. The summed E-state index contributed by atoms with van der Waals surface area (Å²) in [6.45, 7) is 2.84. The van der Waals surface area contributed by atoms with E-state index >= 15 is 0 Å². The highest BCUT2D eigenvalue weighted by Crippen LogP contribution is 2.26. The van der Waals surface area contributed by atoms with Crippen LogP contribution >= 0.6 is 0 Å². The third-order valence-corrected chi connectivity index (χ3v) is 3.87. The second-order valence-corrected chi connectivity index (χ2v) is 5.07. The minimum atomic E-state index is 0.187. The Morgan fingerprint density at radius 2 is 2.39 bits per heavy atom. The highest BCUT2D eigenvalue weighted by molar-refractivity contribution is 5.55. The van der Waals surface area contributed by atoms with Gasteiger partial charge in [-0.3, -0.25) is 0 Å². The molecule has 1 aliphatic heterocycles. The average molecular weight is 243 g/mol. The maximum absolute atomic E-state index is 9.23. The molecule has 1 aliphatic carbocycles. The van der Waals surface area contributed by atoms with Crippen molar-refractivity contribution in [2.75, 3.05) is 11.9 Å². The molecule has 2 heterocycles. The van der Waals surface area contributed by atoms with Gasteiger partial charge in [-0.2, -0.15) is 5.26 Å². The number of hydrogen-bond acceptors (Lipinski definition) is 4. The maximum Gasteiger partial charge on any atom is 0.144 e. The second-order valence-electron chi connectivity index (χ2n) is 5.07. The molecule has 1 fully saturated rings. The van der Waals surface area contributed by atoms with E-state index in [1.807, 2.05) is 6.07 Å². The Morgan fingerprint density at radius 1 is 1.50 bits per heavy atom. The van der Waals surface area contributed by atoms with E-state index in [4.69, 9.17) is 4.74 Å². The standard InChI is InChI=1S/C14H17N3O/c1-9-12(5-6-18-9)16-14-11(8-15)7-10-3-2-4-13(10)17-14/h7,9,12H,2-6H2,1H3,(H,16,17). The lowest BCUT2D eigenvalue weighted by atomic mass is 10.1. The van der Waals surface area contributed by atoms with Crippen LogP contribution < -0.4 is 5.32 Å². The molecule has 1 N–H and O–H groups in total. The Kier molecular flexibility index (Phi) is 2.92. The number of nitrogens with zero attached hydrogens (tertiary/aromatic N) is 2. The number of ether oxygens (including phenoxy) is 1. The monoisotopic (exact) mass is 243 g/mol. The van der Waals surface area contributed by atoms with E-state index in [-0.39, 0.29) is 12.1 Å². The number of pyridine rings is 1. The molecule has 0 amide bonds. The van der Waals surface area contributed by atoms with Gasteiger partial charge in [0, 0.05) is 12.3 Å². The molecular formula is C14H17N3O. The fourth-order valence-corrected chi connectivity index (χ4v) is 2.76. The molecular weight excluding hydrogens is 226 g/mol. The van der Waals surface area contributed by atoms with E-state index in [0.29, 0.717) is 5.56 Å². The van der Waals surface area contributed by atoms with Gasteiger partial charge in [0.2, 0.25) is 0 Å². The van der Waals surface area contributed by atoms with Crippen LogP contribution in [-0.4, -0.2) is 23.7 Å².